The summed E-state index contributed by atoms with van der Waals surface area (Å²) in [5.74, 6) is -0.0328. The van der Waals surface area contributed by atoms with Gasteiger partial charge < -0.3 is 4.74 Å². The van der Waals surface area contributed by atoms with Crippen LogP contribution in [0.15, 0.2) is 23.6 Å². The Labute approximate surface area is 60.2 Å². The summed E-state index contributed by atoms with van der Waals surface area (Å²) in [5, 5.41) is 0. The minimum Gasteiger partial charge on any atom is -0.380 e. The Morgan fingerprint density at radius 1 is 1.60 bits per heavy atom. The van der Waals surface area contributed by atoms with Crippen LogP contribution in [0.25, 0.3) is 0 Å². The third-order valence-electron chi connectivity index (χ3n) is 1.47. The molecule has 0 heterocycles. The average molecular weight is 142 g/mol. The van der Waals surface area contributed by atoms with Gasteiger partial charge in [0.05, 0.1) is 6.61 Å². The minimum absolute atomic E-state index is 0.0328. The van der Waals surface area contributed by atoms with Crippen molar-refractivity contribution in [3.63, 3.8) is 0 Å². The maximum atomic E-state index is 12.5. The van der Waals surface area contributed by atoms with Crippen molar-refractivity contribution in [1.82, 2.24) is 0 Å². The van der Waals surface area contributed by atoms with Crippen LogP contribution in [-0.4, -0.2) is 13.7 Å². The molecule has 1 aliphatic rings. The number of hydrogen-bond acceptors (Lipinski definition) is 1. The largest absolute Gasteiger partial charge is 0.380 e. The van der Waals surface area contributed by atoms with Gasteiger partial charge in [-0.25, -0.2) is 4.39 Å². The van der Waals surface area contributed by atoms with E-state index in [1.807, 2.05) is 6.08 Å². The van der Waals surface area contributed by atoms with Crippen LogP contribution in [-0.2, 0) is 4.74 Å². The molecular formula is C8H11FO. The van der Waals surface area contributed by atoms with Gasteiger partial charge in [0, 0.05) is 13.5 Å². The smallest absolute Gasteiger partial charge is 0.100 e. The number of halogens is 1. The van der Waals surface area contributed by atoms with Crippen LogP contribution < -0.4 is 0 Å². The fourth-order valence-electron chi connectivity index (χ4n) is 1.01. The Hall–Kier alpha value is -0.630. The highest BCUT2D eigenvalue weighted by Crippen LogP contribution is 2.18. The van der Waals surface area contributed by atoms with Crippen LogP contribution in [0.4, 0.5) is 4.39 Å². The molecule has 0 atom stereocenters. The predicted molar refractivity (Wildman–Crippen MR) is 38.4 cm³/mol. The third-order valence-corrected chi connectivity index (χ3v) is 1.47. The monoisotopic (exact) mass is 142 g/mol. The Kier molecular flexibility index (Phi) is 2.63. The standard InChI is InChI=1S/C8H11FO/c1-10-6-7-3-2-4-8(9)5-7/h3-4H,2,5-6H2,1H3. The van der Waals surface area contributed by atoms with Crippen molar-refractivity contribution in [1.29, 1.82) is 0 Å². The summed E-state index contributed by atoms with van der Waals surface area (Å²) in [4.78, 5) is 0. The van der Waals surface area contributed by atoms with Crippen molar-refractivity contribution < 1.29 is 9.13 Å². The molecule has 0 spiro atoms. The van der Waals surface area contributed by atoms with Gasteiger partial charge in [0.2, 0.25) is 0 Å². The highest BCUT2D eigenvalue weighted by Gasteiger charge is 2.04. The molecule has 0 aromatic heterocycles. The van der Waals surface area contributed by atoms with Crippen LogP contribution in [0.3, 0.4) is 0 Å². The zero-order valence-corrected chi connectivity index (χ0v) is 6.06. The van der Waals surface area contributed by atoms with E-state index in [0.717, 1.165) is 5.57 Å². The van der Waals surface area contributed by atoms with E-state index in [4.69, 9.17) is 4.74 Å². The maximum Gasteiger partial charge on any atom is 0.100 e. The Morgan fingerprint density at radius 2 is 2.40 bits per heavy atom. The molecule has 2 heteroatoms. The molecule has 0 bridgehead atoms. The number of ether oxygens (including phenoxy) is 1. The van der Waals surface area contributed by atoms with E-state index < -0.39 is 0 Å². The maximum absolute atomic E-state index is 12.5. The van der Waals surface area contributed by atoms with Gasteiger partial charge >= 0.3 is 0 Å². The number of allylic oxidation sites excluding steroid dienone is 3. The van der Waals surface area contributed by atoms with Gasteiger partial charge in [-0.3, -0.25) is 0 Å². The SMILES string of the molecule is COCC1=CCC=C(F)C1. The van der Waals surface area contributed by atoms with E-state index in [1.54, 1.807) is 13.2 Å². The van der Waals surface area contributed by atoms with Crippen molar-refractivity contribution in [3.05, 3.63) is 23.6 Å². The summed E-state index contributed by atoms with van der Waals surface area (Å²) in [6, 6.07) is 0. The molecule has 0 aromatic carbocycles. The Balaban J connectivity index is 2.41. The highest BCUT2D eigenvalue weighted by molar-refractivity contribution is 5.18. The minimum atomic E-state index is -0.0328. The highest BCUT2D eigenvalue weighted by atomic mass is 19.1. The predicted octanol–water partition coefficient (Wildman–Crippen LogP) is 2.21. The summed E-state index contributed by atoms with van der Waals surface area (Å²) in [5.41, 5.74) is 1.04. The normalized spacial score (nSPS) is 18.2. The molecule has 0 saturated carbocycles. The van der Waals surface area contributed by atoms with Crippen molar-refractivity contribution in [3.8, 4) is 0 Å². The number of hydrogen-bond donors (Lipinski definition) is 0. The second-order valence-electron chi connectivity index (χ2n) is 2.36. The summed E-state index contributed by atoms with van der Waals surface area (Å²) in [6.07, 6.45) is 4.75. The molecule has 0 saturated heterocycles. The molecule has 0 aromatic rings. The first kappa shape index (κ1) is 7.48. The van der Waals surface area contributed by atoms with Crippen molar-refractivity contribution in [2.45, 2.75) is 12.8 Å². The van der Waals surface area contributed by atoms with Gasteiger partial charge in [-0.15, -0.1) is 0 Å². The topological polar surface area (TPSA) is 9.23 Å². The Morgan fingerprint density at radius 3 is 3.00 bits per heavy atom. The third kappa shape index (κ3) is 1.95. The van der Waals surface area contributed by atoms with E-state index in [-0.39, 0.29) is 5.83 Å². The summed E-state index contributed by atoms with van der Waals surface area (Å²) in [7, 11) is 1.62. The zero-order chi connectivity index (χ0) is 7.40. The van der Waals surface area contributed by atoms with Crippen LogP contribution in [0.2, 0.25) is 0 Å². The summed E-state index contributed by atoms with van der Waals surface area (Å²) >= 11 is 0. The zero-order valence-electron chi connectivity index (χ0n) is 6.06. The van der Waals surface area contributed by atoms with Crippen LogP contribution >= 0.6 is 0 Å². The summed E-state index contributed by atoms with van der Waals surface area (Å²) in [6.45, 7) is 0.557. The van der Waals surface area contributed by atoms with Crippen LogP contribution in [0.5, 0.6) is 0 Å². The molecule has 0 unspecified atom stereocenters. The van der Waals surface area contributed by atoms with Crippen molar-refractivity contribution >= 4 is 0 Å². The van der Waals surface area contributed by atoms with Gasteiger partial charge in [-0.2, -0.15) is 0 Å². The van der Waals surface area contributed by atoms with E-state index in [2.05, 4.69) is 0 Å². The fourth-order valence-corrected chi connectivity index (χ4v) is 1.01. The fraction of sp³-hybridized carbons (Fsp3) is 0.500. The second-order valence-corrected chi connectivity index (χ2v) is 2.36. The first-order valence-corrected chi connectivity index (χ1v) is 3.34. The lowest BCUT2D eigenvalue weighted by Gasteiger charge is -2.08. The first-order valence-electron chi connectivity index (χ1n) is 3.34. The molecule has 10 heavy (non-hydrogen) atoms. The first-order chi connectivity index (χ1) is 4.83. The van der Waals surface area contributed by atoms with Gasteiger partial charge in [0.15, 0.2) is 0 Å². The molecule has 1 nitrogen and oxygen atoms in total. The molecule has 0 radical (unpaired) electrons. The molecule has 0 fully saturated rings. The second kappa shape index (κ2) is 3.52. The van der Waals surface area contributed by atoms with E-state index in [0.29, 0.717) is 19.4 Å². The molecule has 0 aliphatic heterocycles. The van der Waals surface area contributed by atoms with Crippen LogP contribution in [0, 0.1) is 0 Å². The quantitative estimate of drug-likeness (QED) is 0.537. The van der Waals surface area contributed by atoms with Gasteiger partial charge in [-0.1, -0.05) is 6.08 Å². The molecule has 0 N–H and O–H groups in total. The van der Waals surface area contributed by atoms with Crippen molar-refractivity contribution in [2.24, 2.45) is 0 Å². The van der Waals surface area contributed by atoms with Gasteiger partial charge in [0.1, 0.15) is 5.83 Å². The lowest BCUT2D eigenvalue weighted by atomic mass is 10.1. The van der Waals surface area contributed by atoms with Gasteiger partial charge in [-0.05, 0) is 18.1 Å². The molecule has 1 aliphatic carbocycles. The molecular weight excluding hydrogens is 131 g/mol. The molecule has 56 valence electrons. The van der Waals surface area contributed by atoms with Crippen molar-refractivity contribution in [2.75, 3.05) is 13.7 Å². The molecule has 1 rings (SSSR count). The van der Waals surface area contributed by atoms with Gasteiger partial charge in [0.25, 0.3) is 0 Å². The molecule has 0 amide bonds. The Bertz CT molecular complexity index is 170. The van der Waals surface area contributed by atoms with E-state index >= 15 is 0 Å². The average Bonchev–Trinajstić information content (AvgIpc) is 1.88. The van der Waals surface area contributed by atoms with E-state index in [1.165, 1.54) is 0 Å². The lowest BCUT2D eigenvalue weighted by molar-refractivity contribution is 0.222. The number of rotatable bonds is 2. The number of methoxy groups -OCH3 is 1. The van der Waals surface area contributed by atoms with Crippen LogP contribution in [0.1, 0.15) is 12.8 Å². The lowest BCUT2D eigenvalue weighted by Crippen LogP contribution is -1.97. The van der Waals surface area contributed by atoms with E-state index in [9.17, 15) is 4.39 Å². The summed E-state index contributed by atoms with van der Waals surface area (Å²) < 4.78 is 17.4.